The number of aryl methyl sites for hydroxylation is 3. The van der Waals surface area contributed by atoms with Crippen molar-refractivity contribution < 1.29 is 9.84 Å². The third kappa shape index (κ3) is 4.09. The summed E-state index contributed by atoms with van der Waals surface area (Å²) in [5.41, 5.74) is 3.76. The minimum absolute atomic E-state index is 0. The SMILES string of the molecule is Cc1cc(C)c(S(=O)(=O)NC(Cn2ccc3ccccc32)C(C)C)c(C)c1.[HH]. The molecule has 0 aliphatic carbocycles. The summed E-state index contributed by atoms with van der Waals surface area (Å²) in [7, 11) is -3.60. The number of sulfonamides is 1. The molecule has 1 unspecified atom stereocenters. The van der Waals surface area contributed by atoms with Crippen LogP contribution >= 0.6 is 0 Å². The predicted molar refractivity (Wildman–Crippen MR) is 114 cm³/mol. The van der Waals surface area contributed by atoms with Crippen LogP contribution in [0.1, 0.15) is 32.0 Å². The number of hydrogen-bond donors (Lipinski definition) is 1. The highest BCUT2D eigenvalue weighted by Crippen LogP contribution is 2.23. The van der Waals surface area contributed by atoms with Crippen LogP contribution < -0.4 is 4.72 Å². The number of fused-ring (bicyclic) bond motifs is 1. The molecule has 0 spiro atoms. The van der Waals surface area contributed by atoms with Crippen molar-refractivity contribution in [3.8, 4) is 0 Å². The summed E-state index contributed by atoms with van der Waals surface area (Å²) in [5.74, 6) is 0.159. The first-order valence-electron chi connectivity index (χ1n) is 9.33. The zero-order valence-electron chi connectivity index (χ0n) is 16.7. The number of aromatic nitrogens is 1. The van der Waals surface area contributed by atoms with Gasteiger partial charge in [-0.2, -0.15) is 0 Å². The Morgan fingerprint density at radius 3 is 2.30 bits per heavy atom. The van der Waals surface area contributed by atoms with Crippen molar-refractivity contribution >= 4 is 20.9 Å². The van der Waals surface area contributed by atoms with Crippen LogP contribution in [0, 0.1) is 26.7 Å². The first kappa shape index (κ1) is 19.6. The van der Waals surface area contributed by atoms with Gasteiger partial charge in [0, 0.05) is 25.7 Å². The average Bonchev–Trinajstić information content (AvgIpc) is 2.96. The molecule has 1 heterocycles. The molecule has 4 nitrogen and oxygen atoms in total. The Kier molecular flexibility index (Phi) is 5.45. The first-order chi connectivity index (χ1) is 12.7. The number of nitrogens with one attached hydrogen (secondary N) is 1. The Morgan fingerprint density at radius 1 is 1.04 bits per heavy atom. The van der Waals surface area contributed by atoms with E-state index in [4.69, 9.17) is 0 Å². The fraction of sp³-hybridized carbons (Fsp3) is 0.364. The quantitative estimate of drug-likeness (QED) is 0.660. The van der Waals surface area contributed by atoms with E-state index in [0.717, 1.165) is 27.6 Å². The van der Waals surface area contributed by atoms with Crippen LogP contribution in [0.4, 0.5) is 0 Å². The predicted octanol–water partition coefficient (Wildman–Crippen LogP) is 4.82. The first-order valence-corrected chi connectivity index (χ1v) is 10.8. The second-order valence-electron chi connectivity index (χ2n) is 7.73. The van der Waals surface area contributed by atoms with Crippen molar-refractivity contribution in [2.45, 2.75) is 52.1 Å². The van der Waals surface area contributed by atoms with Crippen molar-refractivity contribution in [2.24, 2.45) is 5.92 Å². The van der Waals surface area contributed by atoms with Gasteiger partial charge in [-0.15, -0.1) is 0 Å². The topological polar surface area (TPSA) is 51.1 Å². The van der Waals surface area contributed by atoms with Gasteiger partial charge in [0.25, 0.3) is 0 Å². The summed E-state index contributed by atoms with van der Waals surface area (Å²) in [5, 5.41) is 1.16. The molecular weight excluding hydrogens is 356 g/mol. The molecule has 0 saturated heterocycles. The lowest BCUT2D eigenvalue weighted by molar-refractivity contribution is 0.403. The summed E-state index contributed by atoms with van der Waals surface area (Å²) >= 11 is 0. The van der Waals surface area contributed by atoms with Crippen LogP contribution in [0.5, 0.6) is 0 Å². The summed E-state index contributed by atoms with van der Waals surface area (Å²) in [6.45, 7) is 10.4. The molecule has 0 aliphatic heterocycles. The zero-order chi connectivity index (χ0) is 19.8. The minimum Gasteiger partial charge on any atom is -0.346 e. The summed E-state index contributed by atoms with van der Waals surface area (Å²) < 4.78 is 31.4. The lowest BCUT2D eigenvalue weighted by Gasteiger charge is -2.24. The van der Waals surface area contributed by atoms with E-state index in [9.17, 15) is 8.42 Å². The molecule has 1 atom stereocenters. The highest BCUT2D eigenvalue weighted by atomic mass is 32.2. The van der Waals surface area contributed by atoms with Gasteiger partial charge in [0.2, 0.25) is 10.0 Å². The smallest absolute Gasteiger partial charge is 0.241 e. The van der Waals surface area contributed by atoms with Gasteiger partial charge in [0.05, 0.1) is 4.90 Å². The molecule has 146 valence electrons. The summed E-state index contributed by atoms with van der Waals surface area (Å²) in [6, 6.07) is 13.9. The van der Waals surface area contributed by atoms with Crippen molar-refractivity contribution in [3.05, 3.63) is 65.4 Å². The minimum atomic E-state index is -3.60. The second kappa shape index (κ2) is 7.49. The van der Waals surface area contributed by atoms with Crippen molar-refractivity contribution in [1.82, 2.24) is 9.29 Å². The van der Waals surface area contributed by atoms with E-state index in [1.165, 1.54) is 0 Å². The summed E-state index contributed by atoms with van der Waals surface area (Å²) in [6.07, 6.45) is 2.02. The molecular formula is C22H30N2O2S. The largest absolute Gasteiger partial charge is 0.346 e. The normalized spacial score (nSPS) is 13.4. The highest BCUT2D eigenvalue weighted by Gasteiger charge is 2.26. The third-order valence-corrected chi connectivity index (χ3v) is 6.85. The molecule has 0 radical (unpaired) electrons. The zero-order valence-corrected chi connectivity index (χ0v) is 17.5. The number of hydrogen-bond acceptors (Lipinski definition) is 2. The second-order valence-corrected chi connectivity index (χ2v) is 9.38. The summed E-state index contributed by atoms with van der Waals surface area (Å²) in [4.78, 5) is 0.399. The molecule has 1 N–H and O–H groups in total. The monoisotopic (exact) mass is 386 g/mol. The Balaban J connectivity index is 0.00000280. The lowest BCUT2D eigenvalue weighted by Crippen LogP contribution is -2.41. The van der Waals surface area contributed by atoms with Gasteiger partial charge in [-0.3, -0.25) is 0 Å². The standard InChI is InChI=1S/C22H28N2O2S.H2/c1-15(2)20(14-24-11-10-19-8-6-7-9-21(19)24)23-27(25,26)22-17(4)12-16(3)13-18(22)5;/h6-13,15,20,23H,14H2,1-5H3;1H. The lowest BCUT2D eigenvalue weighted by atomic mass is 10.1. The average molecular weight is 387 g/mol. The van der Waals surface area contributed by atoms with E-state index in [-0.39, 0.29) is 13.4 Å². The van der Waals surface area contributed by atoms with Crippen LogP contribution in [0.25, 0.3) is 10.9 Å². The van der Waals surface area contributed by atoms with Crippen LogP contribution in [0.15, 0.2) is 53.6 Å². The number of nitrogens with zero attached hydrogens (tertiary/aromatic N) is 1. The fourth-order valence-corrected chi connectivity index (χ4v) is 5.57. The van der Waals surface area contributed by atoms with E-state index in [1.807, 2.05) is 65.1 Å². The maximum absolute atomic E-state index is 13.2. The van der Waals surface area contributed by atoms with Gasteiger partial charge in [-0.25, -0.2) is 13.1 Å². The Bertz CT molecular complexity index is 1050. The maximum atomic E-state index is 13.2. The van der Waals surface area contributed by atoms with Crippen LogP contribution in [0.2, 0.25) is 0 Å². The van der Waals surface area contributed by atoms with Crippen molar-refractivity contribution in [2.75, 3.05) is 0 Å². The molecule has 0 bridgehead atoms. The van der Waals surface area contributed by atoms with Crippen molar-refractivity contribution in [1.29, 1.82) is 0 Å². The molecule has 27 heavy (non-hydrogen) atoms. The van der Waals surface area contributed by atoms with Crippen LogP contribution in [-0.4, -0.2) is 19.0 Å². The Labute approximate surface area is 163 Å². The highest BCUT2D eigenvalue weighted by molar-refractivity contribution is 7.89. The molecule has 1 aromatic heterocycles. The van der Waals surface area contributed by atoms with E-state index in [1.54, 1.807) is 0 Å². The van der Waals surface area contributed by atoms with Gasteiger partial charge in [0.1, 0.15) is 0 Å². The van der Waals surface area contributed by atoms with Crippen LogP contribution in [0.3, 0.4) is 0 Å². The maximum Gasteiger partial charge on any atom is 0.241 e. The molecule has 0 saturated carbocycles. The molecule has 3 aromatic rings. The molecule has 0 aliphatic rings. The van der Waals surface area contributed by atoms with E-state index in [0.29, 0.717) is 11.4 Å². The molecule has 0 amide bonds. The van der Waals surface area contributed by atoms with E-state index in [2.05, 4.69) is 27.5 Å². The van der Waals surface area contributed by atoms with Gasteiger partial charge in [-0.1, -0.05) is 49.7 Å². The molecule has 2 aromatic carbocycles. The Hall–Kier alpha value is -2.11. The van der Waals surface area contributed by atoms with Gasteiger partial charge < -0.3 is 4.57 Å². The molecule has 5 heteroatoms. The van der Waals surface area contributed by atoms with Crippen molar-refractivity contribution in [3.63, 3.8) is 0 Å². The van der Waals surface area contributed by atoms with Crippen LogP contribution in [-0.2, 0) is 16.6 Å². The van der Waals surface area contributed by atoms with Gasteiger partial charge in [-0.05, 0) is 55.3 Å². The van der Waals surface area contributed by atoms with Gasteiger partial charge >= 0.3 is 0 Å². The number of para-hydroxylation sites is 1. The number of benzene rings is 2. The van der Waals surface area contributed by atoms with E-state index < -0.39 is 10.0 Å². The molecule has 3 rings (SSSR count). The Morgan fingerprint density at radius 2 is 1.67 bits per heavy atom. The third-order valence-electron chi connectivity index (χ3n) is 5.06. The fourth-order valence-electron chi connectivity index (χ4n) is 3.74. The van der Waals surface area contributed by atoms with E-state index >= 15 is 0 Å². The molecule has 0 fully saturated rings. The number of rotatable bonds is 6. The van der Waals surface area contributed by atoms with Gasteiger partial charge in [0.15, 0.2) is 0 Å².